The van der Waals surface area contributed by atoms with Gasteiger partial charge in [0.15, 0.2) is 0 Å². The highest BCUT2D eigenvalue weighted by atomic mass is 16.1. The van der Waals surface area contributed by atoms with Gasteiger partial charge < -0.3 is 10.2 Å². The van der Waals surface area contributed by atoms with Crippen molar-refractivity contribution in [3.63, 3.8) is 0 Å². The van der Waals surface area contributed by atoms with E-state index in [0.29, 0.717) is 11.8 Å². The molecule has 1 amide bonds. The van der Waals surface area contributed by atoms with Crippen LogP contribution in [-0.2, 0) is 11.2 Å². The molecule has 25 heavy (non-hydrogen) atoms. The van der Waals surface area contributed by atoms with Crippen LogP contribution in [0.1, 0.15) is 31.2 Å². The van der Waals surface area contributed by atoms with Gasteiger partial charge >= 0.3 is 0 Å². The first kappa shape index (κ1) is 16.2. The Bertz CT molecular complexity index is 702. The van der Waals surface area contributed by atoms with Crippen molar-refractivity contribution in [3.05, 3.63) is 36.2 Å². The Morgan fingerprint density at radius 2 is 1.92 bits per heavy atom. The molecular formula is C18H24N6O. The molecule has 1 saturated heterocycles. The molecule has 0 bridgehead atoms. The summed E-state index contributed by atoms with van der Waals surface area (Å²) in [4.78, 5) is 14.8. The van der Waals surface area contributed by atoms with E-state index in [9.17, 15) is 4.79 Å². The van der Waals surface area contributed by atoms with E-state index >= 15 is 0 Å². The van der Waals surface area contributed by atoms with Crippen LogP contribution in [0.3, 0.4) is 0 Å². The lowest BCUT2D eigenvalue weighted by molar-refractivity contribution is -0.120. The van der Waals surface area contributed by atoms with E-state index in [0.717, 1.165) is 24.3 Å². The van der Waals surface area contributed by atoms with Crippen molar-refractivity contribution in [1.29, 1.82) is 0 Å². The third kappa shape index (κ3) is 4.04. The molecule has 2 fully saturated rings. The molecule has 1 saturated carbocycles. The van der Waals surface area contributed by atoms with Gasteiger partial charge in [0, 0.05) is 18.5 Å². The number of carbonyl (C=O) groups excluding carboxylic acids is 1. The molecule has 0 spiro atoms. The van der Waals surface area contributed by atoms with E-state index in [1.54, 1.807) is 11.0 Å². The Kier molecular flexibility index (Phi) is 4.48. The largest absolute Gasteiger partial charge is 0.355 e. The number of rotatable bonds is 7. The van der Waals surface area contributed by atoms with E-state index in [-0.39, 0.29) is 5.91 Å². The molecule has 0 atom stereocenters. The summed E-state index contributed by atoms with van der Waals surface area (Å²) in [6.45, 7) is 4.41. The van der Waals surface area contributed by atoms with Crippen LogP contribution < -0.4 is 5.32 Å². The first-order valence-electron chi connectivity index (χ1n) is 9.04. The normalized spacial score (nSPS) is 19.0. The minimum atomic E-state index is 0.0999. The fourth-order valence-corrected chi connectivity index (χ4v) is 3.56. The summed E-state index contributed by atoms with van der Waals surface area (Å²) in [6.07, 6.45) is 7.09. The first-order valence-corrected chi connectivity index (χ1v) is 9.04. The Balaban J connectivity index is 1.26. The highest BCUT2D eigenvalue weighted by molar-refractivity contribution is 5.78. The molecule has 7 nitrogen and oxygen atoms in total. The molecule has 2 aromatic rings. The maximum atomic E-state index is 12.3. The second-order valence-electron chi connectivity index (χ2n) is 7.36. The number of hydrogen-bond donors (Lipinski definition) is 1. The summed E-state index contributed by atoms with van der Waals surface area (Å²) in [6, 6.07) is 7.75. The fraction of sp³-hybridized carbons (Fsp3) is 0.556. The summed E-state index contributed by atoms with van der Waals surface area (Å²) in [7, 11) is 0. The van der Waals surface area contributed by atoms with Crippen molar-refractivity contribution in [2.75, 3.05) is 26.2 Å². The molecule has 1 aliphatic carbocycles. The number of nitrogens with one attached hydrogen (secondary N) is 1. The lowest BCUT2D eigenvalue weighted by atomic mass is 10.1. The molecule has 1 aromatic heterocycles. The summed E-state index contributed by atoms with van der Waals surface area (Å²) >= 11 is 0. The number of nitrogens with zero attached hydrogens (tertiary/aromatic N) is 5. The van der Waals surface area contributed by atoms with Gasteiger partial charge in [-0.1, -0.05) is 12.1 Å². The van der Waals surface area contributed by atoms with Crippen LogP contribution in [0.4, 0.5) is 0 Å². The number of amides is 1. The third-order valence-electron chi connectivity index (χ3n) is 5.29. The van der Waals surface area contributed by atoms with Crippen LogP contribution in [0.15, 0.2) is 30.6 Å². The van der Waals surface area contributed by atoms with Crippen LogP contribution >= 0.6 is 0 Å². The van der Waals surface area contributed by atoms with Crippen molar-refractivity contribution in [1.82, 2.24) is 30.4 Å². The van der Waals surface area contributed by atoms with Gasteiger partial charge in [-0.25, -0.2) is 4.68 Å². The zero-order valence-electron chi connectivity index (χ0n) is 14.4. The second kappa shape index (κ2) is 6.92. The van der Waals surface area contributed by atoms with Gasteiger partial charge in [0.25, 0.3) is 0 Å². The first-order chi connectivity index (χ1) is 12.2. The molecular weight excluding hydrogens is 316 g/mol. The van der Waals surface area contributed by atoms with Crippen LogP contribution in [0.25, 0.3) is 5.69 Å². The summed E-state index contributed by atoms with van der Waals surface area (Å²) < 4.78 is 1.60. The standard InChI is InChI=1S/C18H24N6O/c25-17(19-12-18(7-8-18)13-23-9-1-2-10-23)11-15-3-5-16(6-4-15)24-14-20-21-22-24/h3-6,14H,1-2,7-13H2,(H,19,25). The van der Waals surface area contributed by atoms with Gasteiger partial charge in [-0.15, -0.1) is 5.10 Å². The zero-order valence-corrected chi connectivity index (χ0v) is 14.4. The van der Waals surface area contributed by atoms with Gasteiger partial charge in [-0.05, 0) is 66.9 Å². The third-order valence-corrected chi connectivity index (χ3v) is 5.29. The van der Waals surface area contributed by atoms with Crippen molar-refractivity contribution in [2.24, 2.45) is 5.41 Å². The van der Waals surface area contributed by atoms with Gasteiger partial charge in [0.1, 0.15) is 6.33 Å². The monoisotopic (exact) mass is 340 g/mol. The summed E-state index contributed by atoms with van der Waals surface area (Å²) in [5, 5.41) is 14.2. The quantitative estimate of drug-likeness (QED) is 0.819. The maximum Gasteiger partial charge on any atom is 0.224 e. The second-order valence-corrected chi connectivity index (χ2v) is 7.36. The number of hydrogen-bond acceptors (Lipinski definition) is 5. The van der Waals surface area contributed by atoms with E-state index in [1.807, 2.05) is 24.3 Å². The molecule has 0 radical (unpaired) electrons. The number of likely N-dealkylation sites (tertiary alicyclic amines) is 1. The Labute approximate surface area is 147 Å². The van der Waals surface area contributed by atoms with Crippen LogP contribution in [0.2, 0.25) is 0 Å². The smallest absolute Gasteiger partial charge is 0.224 e. The van der Waals surface area contributed by atoms with E-state index < -0.39 is 0 Å². The Morgan fingerprint density at radius 1 is 1.16 bits per heavy atom. The number of benzene rings is 1. The van der Waals surface area contributed by atoms with E-state index in [4.69, 9.17) is 0 Å². The highest BCUT2D eigenvalue weighted by Crippen LogP contribution is 2.46. The van der Waals surface area contributed by atoms with Crippen LogP contribution in [0.5, 0.6) is 0 Å². The number of aromatic nitrogens is 4. The molecule has 1 aliphatic heterocycles. The minimum absolute atomic E-state index is 0.0999. The molecule has 7 heteroatoms. The van der Waals surface area contributed by atoms with Crippen molar-refractivity contribution < 1.29 is 4.79 Å². The van der Waals surface area contributed by atoms with Crippen molar-refractivity contribution >= 4 is 5.91 Å². The van der Waals surface area contributed by atoms with Crippen molar-refractivity contribution in [2.45, 2.75) is 32.1 Å². The van der Waals surface area contributed by atoms with Gasteiger partial charge in [0.05, 0.1) is 12.1 Å². The number of tetrazole rings is 1. The SMILES string of the molecule is O=C(Cc1ccc(-n2cnnn2)cc1)NCC1(CN2CCCC2)CC1. The molecule has 4 rings (SSSR count). The minimum Gasteiger partial charge on any atom is -0.355 e. The molecule has 1 aromatic carbocycles. The lowest BCUT2D eigenvalue weighted by Crippen LogP contribution is -2.37. The summed E-state index contributed by atoms with van der Waals surface area (Å²) in [5.74, 6) is 0.0999. The lowest BCUT2D eigenvalue weighted by Gasteiger charge is -2.23. The topological polar surface area (TPSA) is 75.9 Å². The molecule has 2 aliphatic rings. The molecule has 0 unspecified atom stereocenters. The average Bonchev–Trinajstić information content (AvgIpc) is 3.04. The fourth-order valence-electron chi connectivity index (χ4n) is 3.56. The predicted octanol–water partition coefficient (Wildman–Crippen LogP) is 1.20. The van der Waals surface area contributed by atoms with E-state index in [2.05, 4.69) is 25.7 Å². The summed E-state index contributed by atoms with van der Waals surface area (Å²) in [5.41, 5.74) is 2.22. The zero-order chi connectivity index (χ0) is 17.1. The van der Waals surface area contributed by atoms with E-state index in [1.165, 1.54) is 38.8 Å². The molecule has 1 N–H and O–H groups in total. The van der Waals surface area contributed by atoms with Crippen molar-refractivity contribution in [3.8, 4) is 5.69 Å². The number of carbonyl (C=O) groups is 1. The molecule has 2 heterocycles. The van der Waals surface area contributed by atoms with Gasteiger partial charge in [-0.3, -0.25) is 4.79 Å². The highest BCUT2D eigenvalue weighted by Gasteiger charge is 2.44. The Hall–Kier alpha value is -2.28. The Morgan fingerprint density at radius 3 is 2.56 bits per heavy atom. The molecule has 132 valence electrons. The average molecular weight is 340 g/mol. The van der Waals surface area contributed by atoms with Gasteiger partial charge in [0.2, 0.25) is 5.91 Å². The maximum absolute atomic E-state index is 12.3. The van der Waals surface area contributed by atoms with Crippen LogP contribution in [0, 0.1) is 5.41 Å². The van der Waals surface area contributed by atoms with Gasteiger partial charge in [-0.2, -0.15) is 0 Å². The van der Waals surface area contributed by atoms with Crippen LogP contribution in [-0.4, -0.2) is 57.2 Å². The predicted molar refractivity (Wildman–Crippen MR) is 93.2 cm³/mol.